The Hall–Kier alpha value is -3.33. The van der Waals surface area contributed by atoms with Gasteiger partial charge in [-0.25, -0.2) is 0 Å². The number of para-hydroxylation sites is 1. The molecule has 1 N–H and O–H groups in total. The van der Waals surface area contributed by atoms with E-state index in [-0.39, 0.29) is 5.91 Å². The molecule has 1 amide bonds. The quantitative estimate of drug-likeness (QED) is 0.497. The van der Waals surface area contributed by atoms with E-state index in [0.717, 1.165) is 34.3 Å². The SMILES string of the molecule is Cc1cccc(NC(=O)Cc2cn(Cc3ccccc3)c3ccccc23)c1C. The molecule has 0 spiro atoms. The lowest BCUT2D eigenvalue weighted by molar-refractivity contribution is -0.115. The van der Waals surface area contributed by atoms with Crippen molar-refractivity contribution in [1.82, 2.24) is 4.57 Å². The van der Waals surface area contributed by atoms with Gasteiger partial charge >= 0.3 is 0 Å². The van der Waals surface area contributed by atoms with E-state index < -0.39 is 0 Å². The Morgan fingerprint density at radius 1 is 0.893 bits per heavy atom. The highest BCUT2D eigenvalue weighted by molar-refractivity contribution is 5.96. The maximum absolute atomic E-state index is 12.7. The minimum atomic E-state index is 0.0105. The first-order valence-corrected chi connectivity index (χ1v) is 9.58. The molecule has 0 aliphatic heterocycles. The molecular weight excluding hydrogens is 344 g/mol. The van der Waals surface area contributed by atoms with Crippen molar-refractivity contribution in [1.29, 1.82) is 0 Å². The summed E-state index contributed by atoms with van der Waals surface area (Å²) in [6, 6.07) is 24.7. The first kappa shape index (κ1) is 18.1. The van der Waals surface area contributed by atoms with Crippen LogP contribution in [0, 0.1) is 13.8 Å². The second-order valence-corrected chi connectivity index (χ2v) is 7.26. The monoisotopic (exact) mass is 368 g/mol. The molecule has 1 heterocycles. The molecule has 0 radical (unpaired) electrons. The number of anilines is 1. The normalized spacial score (nSPS) is 10.9. The molecule has 0 saturated heterocycles. The molecule has 0 atom stereocenters. The summed E-state index contributed by atoms with van der Waals surface area (Å²) in [5.74, 6) is 0.0105. The third-order valence-electron chi connectivity index (χ3n) is 5.30. The van der Waals surface area contributed by atoms with Crippen molar-refractivity contribution in [2.24, 2.45) is 0 Å². The van der Waals surface area contributed by atoms with Crippen LogP contribution >= 0.6 is 0 Å². The minimum Gasteiger partial charge on any atom is -0.343 e. The summed E-state index contributed by atoms with van der Waals surface area (Å²) in [5.41, 5.74) is 6.63. The number of nitrogens with zero attached hydrogens (tertiary/aromatic N) is 1. The number of rotatable bonds is 5. The summed E-state index contributed by atoms with van der Waals surface area (Å²) in [4.78, 5) is 12.7. The zero-order valence-electron chi connectivity index (χ0n) is 16.3. The first-order chi connectivity index (χ1) is 13.6. The summed E-state index contributed by atoms with van der Waals surface area (Å²) in [6.07, 6.45) is 2.47. The summed E-state index contributed by atoms with van der Waals surface area (Å²) < 4.78 is 2.23. The topological polar surface area (TPSA) is 34.0 Å². The Morgan fingerprint density at radius 2 is 1.64 bits per heavy atom. The fourth-order valence-corrected chi connectivity index (χ4v) is 3.63. The van der Waals surface area contributed by atoms with Crippen LogP contribution in [0.1, 0.15) is 22.3 Å². The smallest absolute Gasteiger partial charge is 0.228 e. The summed E-state index contributed by atoms with van der Waals surface area (Å²) >= 11 is 0. The second-order valence-electron chi connectivity index (χ2n) is 7.26. The maximum Gasteiger partial charge on any atom is 0.228 e. The first-order valence-electron chi connectivity index (χ1n) is 9.58. The third-order valence-corrected chi connectivity index (χ3v) is 5.30. The van der Waals surface area contributed by atoms with E-state index in [0.29, 0.717) is 6.42 Å². The van der Waals surface area contributed by atoms with Crippen LogP contribution in [0.15, 0.2) is 79.0 Å². The molecule has 0 unspecified atom stereocenters. The van der Waals surface area contributed by atoms with Crippen LogP contribution in [0.25, 0.3) is 10.9 Å². The number of benzene rings is 3. The van der Waals surface area contributed by atoms with Crippen molar-refractivity contribution in [3.05, 3.63) is 101 Å². The molecule has 4 rings (SSSR count). The summed E-state index contributed by atoms with van der Waals surface area (Å²) in [6.45, 7) is 4.89. The van der Waals surface area contributed by atoms with E-state index >= 15 is 0 Å². The number of aryl methyl sites for hydroxylation is 1. The van der Waals surface area contributed by atoms with Crippen LogP contribution in [0.2, 0.25) is 0 Å². The zero-order valence-corrected chi connectivity index (χ0v) is 16.3. The fourth-order valence-electron chi connectivity index (χ4n) is 3.63. The van der Waals surface area contributed by atoms with Gasteiger partial charge in [0.1, 0.15) is 0 Å². The van der Waals surface area contributed by atoms with Crippen LogP contribution in [-0.2, 0) is 17.8 Å². The zero-order chi connectivity index (χ0) is 19.5. The third kappa shape index (κ3) is 3.70. The van der Waals surface area contributed by atoms with Gasteiger partial charge in [0.2, 0.25) is 5.91 Å². The van der Waals surface area contributed by atoms with Gasteiger partial charge in [0.05, 0.1) is 6.42 Å². The average Bonchev–Trinajstić information content (AvgIpc) is 3.04. The number of hydrogen-bond acceptors (Lipinski definition) is 1. The molecule has 0 aliphatic rings. The number of nitrogens with one attached hydrogen (secondary N) is 1. The van der Waals surface area contributed by atoms with E-state index in [4.69, 9.17) is 0 Å². The van der Waals surface area contributed by atoms with Crippen molar-refractivity contribution in [2.45, 2.75) is 26.8 Å². The van der Waals surface area contributed by atoms with Crippen LogP contribution in [0.4, 0.5) is 5.69 Å². The van der Waals surface area contributed by atoms with Gasteiger partial charge < -0.3 is 9.88 Å². The van der Waals surface area contributed by atoms with Gasteiger partial charge in [0.15, 0.2) is 0 Å². The van der Waals surface area contributed by atoms with Crippen LogP contribution < -0.4 is 5.32 Å². The number of aromatic nitrogens is 1. The predicted octanol–water partition coefficient (Wildman–Crippen LogP) is 5.49. The lowest BCUT2D eigenvalue weighted by Gasteiger charge is -2.10. The lowest BCUT2D eigenvalue weighted by atomic mass is 10.1. The van der Waals surface area contributed by atoms with E-state index in [1.807, 2.05) is 37.3 Å². The van der Waals surface area contributed by atoms with Crippen molar-refractivity contribution in [3.63, 3.8) is 0 Å². The van der Waals surface area contributed by atoms with Gasteiger partial charge in [-0.15, -0.1) is 0 Å². The Kier molecular flexibility index (Phi) is 4.98. The number of fused-ring (bicyclic) bond motifs is 1. The maximum atomic E-state index is 12.7. The van der Waals surface area contributed by atoms with Crippen molar-refractivity contribution in [3.8, 4) is 0 Å². The average molecular weight is 368 g/mol. The fraction of sp³-hybridized carbons (Fsp3) is 0.160. The van der Waals surface area contributed by atoms with Crippen LogP contribution in [0.3, 0.4) is 0 Å². The Balaban J connectivity index is 1.60. The Labute approximate surface area is 165 Å². The highest BCUT2D eigenvalue weighted by Crippen LogP contribution is 2.24. The van der Waals surface area contributed by atoms with Crippen LogP contribution in [0.5, 0.6) is 0 Å². The van der Waals surface area contributed by atoms with Gasteiger partial charge in [-0.05, 0) is 48.2 Å². The van der Waals surface area contributed by atoms with Gasteiger partial charge in [0.25, 0.3) is 0 Å². The van der Waals surface area contributed by atoms with Crippen LogP contribution in [-0.4, -0.2) is 10.5 Å². The molecule has 28 heavy (non-hydrogen) atoms. The summed E-state index contributed by atoms with van der Waals surface area (Å²) in [5, 5.41) is 4.21. The van der Waals surface area contributed by atoms with Crippen molar-refractivity contribution in [2.75, 3.05) is 5.32 Å². The summed E-state index contributed by atoms with van der Waals surface area (Å²) in [7, 11) is 0. The van der Waals surface area contributed by atoms with E-state index in [1.54, 1.807) is 0 Å². The van der Waals surface area contributed by atoms with Crippen molar-refractivity contribution < 1.29 is 4.79 Å². The van der Waals surface area contributed by atoms with Gasteiger partial charge in [-0.1, -0.05) is 60.7 Å². The molecule has 1 aromatic heterocycles. The molecule has 3 nitrogen and oxygen atoms in total. The molecule has 0 bridgehead atoms. The number of hydrogen-bond donors (Lipinski definition) is 1. The molecule has 3 aromatic carbocycles. The van der Waals surface area contributed by atoms with Gasteiger partial charge in [-0.2, -0.15) is 0 Å². The van der Waals surface area contributed by atoms with E-state index in [2.05, 4.69) is 65.5 Å². The highest BCUT2D eigenvalue weighted by Gasteiger charge is 2.13. The molecule has 0 saturated carbocycles. The minimum absolute atomic E-state index is 0.0105. The molecule has 0 fully saturated rings. The van der Waals surface area contributed by atoms with Gasteiger partial charge in [0, 0.05) is 29.3 Å². The second kappa shape index (κ2) is 7.73. The molecule has 140 valence electrons. The molecule has 3 heteroatoms. The van der Waals surface area contributed by atoms with Gasteiger partial charge in [-0.3, -0.25) is 4.79 Å². The van der Waals surface area contributed by atoms with E-state index in [1.165, 1.54) is 11.1 Å². The number of carbonyl (C=O) groups is 1. The highest BCUT2D eigenvalue weighted by atomic mass is 16.1. The molecule has 4 aromatic rings. The Morgan fingerprint density at radius 3 is 2.46 bits per heavy atom. The molecule has 0 aliphatic carbocycles. The molecular formula is C25H24N2O. The standard InChI is InChI=1S/C25H24N2O/c1-18-9-8-13-23(19(18)2)26-25(28)15-21-17-27(16-20-10-4-3-5-11-20)24-14-7-6-12-22(21)24/h3-14,17H,15-16H2,1-2H3,(H,26,28). The van der Waals surface area contributed by atoms with Crippen molar-refractivity contribution >= 4 is 22.5 Å². The largest absolute Gasteiger partial charge is 0.343 e. The number of amides is 1. The van der Waals surface area contributed by atoms with E-state index in [9.17, 15) is 4.79 Å². The Bertz CT molecular complexity index is 1130. The number of carbonyl (C=O) groups excluding carboxylic acids is 1. The lowest BCUT2D eigenvalue weighted by Crippen LogP contribution is -2.15. The predicted molar refractivity (Wildman–Crippen MR) is 116 cm³/mol.